The molecule has 0 saturated heterocycles. The van der Waals surface area contributed by atoms with E-state index in [1.165, 1.54) is 19.3 Å². The standard InChI is InChI=1S/C12H24N4/c1-4-9-13-11(3)7-6-8-12-14-10-15-16(12)5-2/h10-11,13H,4-9H2,1-3H3. The van der Waals surface area contributed by atoms with Gasteiger partial charge in [0.2, 0.25) is 0 Å². The molecule has 92 valence electrons. The maximum Gasteiger partial charge on any atom is 0.138 e. The van der Waals surface area contributed by atoms with Crippen LogP contribution in [0.4, 0.5) is 0 Å². The van der Waals surface area contributed by atoms with Crippen molar-refractivity contribution in [2.24, 2.45) is 0 Å². The second-order valence-electron chi connectivity index (χ2n) is 4.24. The normalized spacial score (nSPS) is 12.9. The minimum atomic E-state index is 0.609. The predicted octanol–water partition coefficient (Wildman–Crippen LogP) is 2.01. The Labute approximate surface area is 98.5 Å². The fraction of sp³-hybridized carbons (Fsp3) is 0.833. The highest BCUT2D eigenvalue weighted by molar-refractivity contribution is 4.84. The Kier molecular flexibility index (Phi) is 6.08. The van der Waals surface area contributed by atoms with Crippen molar-refractivity contribution in [2.45, 2.75) is 59.0 Å². The molecule has 4 heteroatoms. The molecule has 0 aliphatic heterocycles. The maximum absolute atomic E-state index is 4.28. The van der Waals surface area contributed by atoms with Gasteiger partial charge in [0, 0.05) is 19.0 Å². The molecule has 0 fully saturated rings. The molecule has 1 atom stereocenters. The first-order valence-electron chi connectivity index (χ1n) is 6.38. The summed E-state index contributed by atoms with van der Waals surface area (Å²) >= 11 is 0. The Morgan fingerprint density at radius 3 is 2.94 bits per heavy atom. The van der Waals surface area contributed by atoms with Crippen molar-refractivity contribution in [3.05, 3.63) is 12.2 Å². The van der Waals surface area contributed by atoms with E-state index in [4.69, 9.17) is 0 Å². The van der Waals surface area contributed by atoms with Crippen LogP contribution in [-0.4, -0.2) is 27.4 Å². The van der Waals surface area contributed by atoms with E-state index in [1.54, 1.807) is 6.33 Å². The molecule has 0 radical (unpaired) electrons. The number of nitrogens with one attached hydrogen (secondary N) is 1. The molecule has 1 aromatic rings. The van der Waals surface area contributed by atoms with Crippen molar-refractivity contribution in [2.75, 3.05) is 6.54 Å². The smallest absolute Gasteiger partial charge is 0.138 e. The van der Waals surface area contributed by atoms with Gasteiger partial charge in [-0.1, -0.05) is 6.92 Å². The van der Waals surface area contributed by atoms with E-state index >= 15 is 0 Å². The van der Waals surface area contributed by atoms with Crippen LogP contribution in [0.25, 0.3) is 0 Å². The molecule has 0 bridgehead atoms. The summed E-state index contributed by atoms with van der Waals surface area (Å²) in [6.45, 7) is 8.58. The van der Waals surface area contributed by atoms with Crippen LogP contribution in [0.2, 0.25) is 0 Å². The summed E-state index contributed by atoms with van der Waals surface area (Å²) in [6, 6.07) is 0.609. The minimum Gasteiger partial charge on any atom is -0.314 e. The average Bonchev–Trinajstić information content (AvgIpc) is 2.74. The zero-order valence-corrected chi connectivity index (χ0v) is 10.7. The van der Waals surface area contributed by atoms with Crippen molar-refractivity contribution in [3.8, 4) is 0 Å². The van der Waals surface area contributed by atoms with Gasteiger partial charge in [0.25, 0.3) is 0 Å². The summed E-state index contributed by atoms with van der Waals surface area (Å²) < 4.78 is 1.98. The molecule has 1 rings (SSSR count). The van der Waals surface area contributed by atoms with Crippen LogP contribution in [0, 0.1) is 0 Å². The lowest BCUT2D eigenvalue weighted by Crippen LogP contribution is -2.26. The fourth-order valence-electron chi connectivity index (χ4n) is 1.81. The molecule has 1 heterocycles. The summed E-state index contributed by atoms with van der Waals surface area (Å²) in [5.41, 5.74) is 0. The Hall–Kier alpha value is -0.900. The first-order valence-corrected chi connectivity index (χ1v) is 6.38. The molecule has 4 nitrogen and oxygen atoms in total. The van der Waals surface area contributed by atoms with Crippen LogP contribution in [-0.2, 0) is 13.0 Å². The number of hydrogen-bond acceptors (Lipinski definition) is 3. The van der Waals surface area contributed by atoms with Gasteiger partial charge >= 0.3 is 0 Å². The van der Waals surface area contributed by atoms with E-state index in [0.29, 0.717) is 6.04 Å². The van der Waals surface area contributed by atoms with Gasteiger partial charge in [0.15, 0.2) is 0 Å². The third-order valence-electron chi connectivity index (χ3n) is 2.78. The number of rotatable bonds is 8. The summed E-state index contributed by atoms with van der Waals surface area (Å²) in [5, 5.41) is 7.67. The number of aromatic nitrogens is 3. The Bertz CT molecular complexity index is 282. The van der Waals surface area contributed by atoms with E-state index in [1.807, 2.05) is 4.68 Å². The lowest BCUT2D eigenvalue weighted by atomic mass is 10.1. The molecule has 16 heavy (non-hydrogen) atoms. The molecule has 1 N–H and O–H groups in total. The van der Waals surface area contributed by atoms with E-state index in [2.05, 4.69) is 36.2 Å². The zero-order valence-electron chi connectivity index (χ0n) is 10.7. The number of hydrogen-bond donors (Lipinski definition) is 1. The molecule has 1 unspecified atom stereocenters. The summed E-state index contributed by atoms with van der Waals surface area (Å²) in [4.78, 5) is 4.28. The largest absolute Gasteiger partial charge is 0.314 e. The van der Waals surface area contributed by atoms with Gasteiger partial charge < -0.3 is 5.32 Å². The summed E-state index contributed by atoms with van der Waals surface area (Å²) in [7, 11) is 0. The fourth-order valence-corrected chi connectivity index (χ4v) is 1.81. The molecule has 1 aromatic heterocycles. The first kappa shape index (κ1) is 13.2. The van der Waals surface area contributed by atoms with Crippen LogP contribution in [0.5, 0.6) is 0 Å². The van der Waals surface area contributed by atoms with E-state index in [-0.39, 0.29) is 0 Å². The van der Waals surface area contributed by atoms with E-state index in [9.17, 15) is 0 Å². The highest BCUT2D eigenvalue weighted by Crippen LogP contribution is 2.04. The van der Waals surface area contributed by atoms with Gasteiger partial charge in [-0.2, -0.15) is 5.10 Å². The average molecular weight is 224 g/mol. The highest BCUT2D eigenvalue weighted by atomic mass is 15.3. The SMILES string of the molecule is CCCNC(C)CCCc1ncnn1CC. The van der Waals surface area contributed by atoms with Crippen LogP contribution >= 0.6 is 0 Å². The summed E-state index contributed by atoms with van der Waals surface area (Å²) in [5.74, 6) is 1.12. The van der Waals surface area contributed by atoms with Crippen LogP contribution in [0.3, 0.4) is 0 Å². The monoisotopic (exact) mass is 224 g/mol. The van der Waals surface area contributed by atoms with Crippen LogP contribution < -0.4 is 5.32 Å². The zero-order chi connectivity index (χ0) is 11.8. The van der Waals surface area contributed by atoms with Gasteiger partial charge in [0.05, 0.1) is 0 Å². The predicted molar refractivity (Wildman–Crippen MR) is 66.4 cm³/mol. The van der Waals surface area contributed by atoms with Gasteiger partial charge in [-0.25, -0.2) is 4.98 Å². The van der Waals surface area contributed by atoms with Gasteiger partial charge in [-0.3, -0.25) is 4.68 Å². The molecular formula is C12H24N4. The molecule has 0 aliphatic rings. The van der Waals surface area contributed by atoms with Gasteiger partial charge in [0.1, 0.15) is 12.2 Å². The van der Waals surface area contributed by atoms with Gasteiger partial charge in [-0.05, 0) is 39.7 Å². The van der Waals surface area contributed by atoms with E-state index in [0.717, 1.165) is 25.3 Å². The third-order valence-corrected chi connectivity index (χ3v) is 2.78. The first-order chi connectivity index (χ1) is 7.77. The second kappa shape index (κ2) is 7.39. The van der Waals surface area contributed by atoms with Crippen molar-refractivity contribution in [1.82, 2.24) is 20.1 Å². The molecular weight excluding hydrogens is 200 g/mol. The molecule has 0 amide bonds. The highest BCUT2D eigenvalue weighted by Gasteiger charge is 2.04. The topological polar surface area (TPSA) is 42.7 Å². The Balaban J connectivity index is 2.20. The lowest BCUT2D eigenvalue weighted by Gasteiger charge is -2.12. The second-order valence-corrected chi connectivity index (χ2v) is 4.24. The quantitative estimate of drug-likeness (QED) is 0.734. The Morgan fingerprint density at radius 2 is 2.25 bits per heavy atom. The minimum absolute atomic E-state index is 0.609. The summed E-state index contributed by atoms with van der Waals surface area (Å²) in [6.07, 6.45) is 6.27. The van der Waals surface area contributed by atoms with Crippen LogP contribution in [0.15, 0.2) is 6.33 Å². The van der Waals surface area contributed by atoms with Crippen LogP contribution in [0.1, 0.15) is 45.9 Å². The maximum atomic E-state index is 4.28. The molecule has 0 spiro atoms. The van der Waals surface area contributed by atoms with Gasteiger partial charge in [-0.15, -0.1) is 0 Å². The van der Waals surface area contributed by atoms with E-state index < -0.39 is 0 Å². The lowest BCUT2D eigenvalue weighted by molar-refractivity contribution is 0.489. The Morgan fingerprint density at radius 1 is 1.44 bits per heavy atom. The van der Waals surface area contributed by atoms with Crippen molar-refractivity contribution >= 4 is 0 Å². The number of nitrogens with zero attached hydrogens (tertiary/aromatic N) is 3. The van der Waals surface area contributed by atoms with Crippen molar-refractivity contribution < 1.29 is 0 Å². The molecule has 0 aliphatic carbocycles. The van der Waals surface area contributed by atoms with Crippen molar-refractivity contribution in [1.29, 1.82) is 0 Å². The molecule has 0 aromatic carbocycles. The molecule has 0 saturated carbocycles. The third kappa shape index (κ3) is 4.31. The van der Waals surface area contributed by atoms with Crippen molar-refractivity contribution in [3.63, 3.8) is 0 Å². The number of aryl methyl sites for hydroxylation is 2.